The van der Waals surface area contributed by atoms with Crippen molar-refractivity contribution in [1.82, 2.24) is 5.32 Å². The second kappa shape index (κ2) is 7.68. The van der Waals surface area contributed by atoms with E-state index in [0.29, 0.717) is 0 Å². The van der Waals surface area contributed by atoms with Crippen LogP contribution in [0.3, 0.4) is 0 Å². The molecule has 1 aromatic carbocycles. The fourth-order valence-corrected chi connectivity index (χ4v) is 3.51. The highest BCUT2D eigenvalue weighted by molar-refractivity contribution is 5.37. The molecule has 1 N–H and O–H groups in total. The fourth-order valence-electron chi connectivity index (χ4n) is 3.51. The van der Waals surface area contributed by atoms with Crippen molar-refractivity contribution >= 4 is 0 Å². The van der Waals surface area contributed by atoms with Crippen molar-refractivity contribution in [1.29, 1.82) is 0 Å². The maximum absolute atomic E-state index is 5.55. The predicted molar refractivity (Wildman–Crippen MR) is 85.4 cm³/mol. The summed E-state index contributed by atoms with van der Waals surface area (Å²) in [5.41, 5.74) is 2.71. The van der Waals surface area contributed by atoms with Crippen LogP contribution in [0.25, 0.3) is 0 Å². The number of nitrogens with one attached hydrogen (secondary N) is 1. The molecule has 0 aromatic heterocycles. The van der Waals surface area contributed by atoms with Crippen LogP contribution in [0.5, 0.6) is 5.75 Å². The average molecular weight is 275 g/mol. The van der Waals surface area contributed by atoms with E-state index >= 15 is 0 Å². The summed E-state index contributed by atoms with van der Waals surface area (Å²) < 4.78 is 5.55. The van der Waals surface area contributed by atoms with Gasteiger partial charge in [0.2, 0.25) is 0 Å². The first-order chi connectivity index (χ1) is 9.74. The van der Waals surface area contributed by atoms with E-state index in [0.717, 1.165) is 37.1 Å². The molecule has 2 heteroatoms. The first kappa shape index (κ1) is 15.4. The number of hydrogen-bond donors (Lipinski definition) is 1. The van der Waals surface area contributed by atoms with Crippen LogP contribution in [0.2, 0.25) is 0 Å². The van der Waals surface area contributed by atoms with Crippen LogP contribution in [0.4, 0.5) is 0 Å². The third-order valence-electron chi connectivity index (χ3n) is 4.64. The Morgan fingerprint density at radius 1 is 1.30 bits per heavy atom. The molecule has 2 nitrogen and oxygen atoms in total. The second-order valence-electron chi connectivity index (χ2n) is 6.13. The van der Waals surface area contributed by atoms with Gasteiger partial charge >= 0.3 is 0 Å². The van der Waals surface area contributed by atoms with E-state index in [1.165, 1.54) is 36.8 Å². The lowest BCUT2D eigenvalue weighted by Crippen LogP contribution is -2.29. The molecule has 0 saturated heterocycles. The molecule has 1 saturated carbocycles. The minimum absolute atomic E-state index is 0.744. The van der Waals surface area contributed by atoms with Crippen molar-refractivity contribution in [2.45, 2.75) is 46.0 Å². The van der Waals surface area contributed by atoms with Gasteiger partial charge in [-0.25, -0.2) is 0 Å². The molecule has 1 fully saturated rings. The Morgan fingerprint density at radius 2 is 2.05 bits per heavy atom. The molecule has 0 spiro atoms. The van der Waals surface area contributed by atoms with E-state index in [4.69, 9.17) is 4.74 Å². The summed E-state index contributed by atoms with van der Waals surface area (Å²) >= 11 is 0. The highest BCUT2D eigenvalue weighted by Crippen LogP contribution is 2.34. The van der Waals surface area contributed by atoms with Crippen LogP contribution >= 0.6 is 0 Å². The lowest BCUT2D eigenvalue weighted by atomic mass is 9.85. The minimum atomic E-state index is 0.744. The smallest absolute Gasteiger partial charge is 0.122 e. The molecule has 0 aliphatic heterocycles. The topological polar surface area (TPSA) is 21.3 Å². The highest BCUT2D eigenvalue weighted by Gasteiger charge is 2.25. The Kier molecular flexibility index (Phi) is 5.90. The zero-order valence-corrected chi connectivity index (χ0v) is 13.2. The van der Waals surface area contributed by atoms with Gasteiger partial charge in [0, 0.05) is 0 Å². The summed E-state index contributed by atoms with van der Waals surface area (Å²) in [6.07, 6.45) is 6.79. The van der Waals surface area contributed by atoms with Crippen molar-refractivity contribution in [3.8, 4) is 5.75 Å². The first-order valence-corrected chi connectivity index (χ1v) is 8.08. The summed E-state index contributed by atoms with van der Waals surface area (Å²) in [6.45, 7) is 6.56. The van der Waals surface area contributed by atoms with Crippen LogP contribution in [-0.4, -0.2) is 20.2 Å². The molecule has 0 amide bonds. The maximum atomic E-state index is 5.55. The Morgan fingerprint density at radius 3 is 2.70 bits per heavy atom. The Labute approximate surface area is 123 Å². The lowest BCUT2D eigenvalue weighted by molar-refractivity contribution is 0.318. The molecule has 20 heavy (non-hydrogen) atoms. The van der Waals surface area contributed by atoms with Gasteiger partial charge in [0.05, 0.1) is 7.11 Å². The van der Waals surface area contributed by atoms with E-state index in [9.17, 15) is 0 Å². The summed E-state index contributed by atoms with van der Waals surface area (Å²) in [6, 6.07) is 6.55. The zero-order valence-electron chi connectivity index (χ0n) is 13.2. The molecular weight excluding hydrogens is 246 g/mol. The van der Waals surface area contributed by atoms with Crippen molar-refractivity contribution < 1.29 is 4.74 Å². The molecule has 2 rings (SSSR count). The van der Waals surface area contributed by atoms with Crippen LogP contribution in [0, 0.1) is 18.8 Å². The molecule has 0 radical (unpaired) electrons. The molecule has 1 aliphatic rings. The monoisotopic (exact) mass is 275 g/mol. The fraction of sp³-hybridized carbons (Fsp3) is 0.667. The van der Waals surface area contributed by atoms with E-state index in [1.807, 2.05) is 0 Å². The maximum Gasteiger partial charge on any atom is 0.122 e. The van der Waals surface area contributed by atoms with Gasteiger partial charge in [0.25, 0.3) is 0 Å². The number of methoxy groups -OCH3 is 1. The Bertz CT molecular complexity index is 410. The summed E-state index contributed by atoms with van der Waals surface area (Å²) in [5.74, 6) is 2.68. The Balaban J connectivity index is 2.11. The molecule has 1 aliphatic carbocycles. The van der Waals surface area contributed by atoms with E-state index in [1.54, 1.807) is 7.11 Å². The molecule has 1 aromatic rings. The third kappa shape index (κ3) is 3.99. The molecule has 1 atom stereocenters. The highest BCUT2D eigenvalue weighted by atomic mass is 16.5. The molecule has 112 valence electrons. The second-order valence-corrected chi connectivity index (χ2v) is 6.13. The Hall–Kier alpha value is -1.02. The number of hydrogen-bond acceptors (Lipinski definition) is 2. The molecule has 1 unspecified atom stereocenters. The molecule has 0 bridgehead atoms. The van der Waals surface area contributed by atoms with Gasteiger partial charge in [-0.3, -0.25) is 0 Å². The summed E-state index contributed by atoms with van der Waals surface area (Å²) in [7, 11) is 1.78. The number of benzene rings is 1. The van der Waals surface area contributed by atoms with Crippen molar-refractivity contribution in [2.75, 3.05) is 20.2 Å². The van der Waals surface area contributed by atoms with Gasteiger partial charge in [-0.15, -0.1) is 0 Å². The minimum Gasteiger partial charge on any atom is -0.496 e. The van der Waals surface area contributed by atoms with Crippen molar-refractivity contribution in [3.05, 3.63) is 29.3 Å². The standard InChI is InChI=1S/C18H29NO/c1-4-19-13-17(15-7-5-6-8-15)12-16-11-14(2)9-10-18(16)20-3/h9-11,15,17,19H,4-8,12-13H2,1-3H3. The van der Waals surface area contributed by atoms with Gasteiger partial charge < -0.3 is 10.1 Å². The van der Waals surface area contributed by atoms with Crippen LogP contribution in [-0.2, 0) is 6.42 Å². The third-order valence-corrected chi connectivity index (χ3v) is 4.64. The molecular formula is C18H29NO. The lowest BCUT2D eigenvalue weighted by Gasteiger charge is -2.25. The number of aryl methyl sites for hydroxylation is 1. The predicted octanol–water partition coefficient (Wildman–Crippen LogP) is 3.96. The largest absolute Gasteiger partial charge is 0.496 e. The zero-order chi connectivity index (χ0) is 14.4. The van der Waals surface area contributed by atoms with Gasteiger partial charge in [-0.05, 0) is 49.9 Å². The number of rotatable bonds is 7. The quantitative estimate of drug-likeness (QED) is 0.813. The molecule has 0 heterocycles. The number of ether oxygens (including phenoxy) is 1. The average Bonchev–Trinajstić information content (AvgIpc) is 2.97. The summed E-state index contributed by atoms with van der Waals surface area (Å²) in [5, 5.41) is 3.56. The van der Waals surface area contributed by atoms with E-state index in [-0.39, 0.29) is 0 Å². The SMILES string of the molecule is CCNCC(Cc1cc(C)ccc1OC)C1CCCC1. The first-order valence-electron chi connectivity index (χ1n) is 8.08. The van der Waals surface area contributed by atoms with Gasteiger partial charge in [0.1, 0.15) is 5.75 Å². The van der Waals surface area contributed by atoms with Crippen LogP contribution < -0.4 is 10.1 Å². The van der Waals surface area contributed by atoms with Crippen molar-refractivity contribution in [3.63, 3.8) is 0 Å². The van der Waals surface area contributed by atoms with E-state index < -0.39 is 0 Å². The van der Waals surface area contributed by atoms with Gasteiger partial charge in [-0.1, -0.05) is 50.3 Å². The van der Waals surface area contributed by atoms with Gasteiger partial charge in [-0.2, -0.15) is 0 Å². The van der Waals surface area contributed by atoms with Gasteiger partial charge in [0.15, 0.2) is 0 Å². The van der Waals surface area contributed by atoms with Crippen molar-refractivity contribution in [2.24, 2.45) is 11.8 Å². The van der Waals surface area contributed by atoms with Crippen LogP contribution in [0.15, 0.2) is 18.2 Å². The van der Waals surface area contributed by atoms with E-state index in [2.05, 4.69) is 37.4 Å². The summed E-state index contributed by atoms with van der Waals surface area (Å²) in [4.78, 5) is 0. The van der Waals surface area contributed by atoms with Crippen LogP contribution in [0.1, 0.15) is 43.7 Å². The normalized spacial score (nSPS) is 17.4.